The van der Waals surface area contributed by atoms with Crippen molar-refractivity contribution >= 4 is 0 Å². The quantitative estimate of drug-likeness (QED) is 0.748. The third kappa shape index (κ3) is 0.987. The summed E-state index contributed by atoms with van der Waals surface area (Å²) in [5, 5.41) is 0. The molecule has 7 aliphatic rings. The van der Waals surface area contributed by atoms with Gasteiger partial charge in [-0.3, -0.25) is 0 Å². The second-order valence-corrected chi connectivity index (χ2v) is 7.98. The number of hydrogen-bond acceptors (Lipinski definition) is 2. The zero-order valence-corrected chi connectivity index (χ0v) is 11.5. The Labute approximate surface area is 109 Å². The van der Waals surface area contributed by atoms with Crippen molar-refractivity contribution in [1.82, 2.24) is 0 Å². The lowest BCUT2D eigenvalue weighted by Crippen LogP contribution is -2.71. The van der Waals surface area contributed by atoms with E-state index in [9.17, 15) is 0 Å². The van der Waals surface area contributed by atoms with Gasteiger partial charge in [0.05, 0.1) is 11.2 Å². The Morgan fingerprint density at radius 1 is 0.556 bits per heavy atom. The van der Waals surface area contributed by atoms with Crippen LogP contribution in [0.1, 0.15) is 38.5 Å². The van der Waals surface area contributed by atoms with Crippen LogP contribution in [0.2, 0.25) is 0 Å². The summed E-state index contributed by atoms with van der Waals surface area (Å²) >= 11 is 0. The highest BCUT2D eigenvalue weighted by Crippen LogP contribution is 2.73. The molecule has 0 atom stereocenters. The van der Waals surface area contributed by atoms with Gasteiger partial charge in [0.2, 0.25) is 0 Å². The van der Waals surface area contributed by atoms with E-state index in [2.05, 4.69) is 0 Å². The Hall–Kier alpha value is -0.0800. The van der Waals surface area contributed by atoms with Crippen LogP contribution in [0.4, 0.5) is 0 Å². The van der Waals surface area contributed by atoms with Crippen LogP contribution >= 0.6 is 0 Å². The molecule has 0 saturated heterocycles. The summed E-state index contributed by atoms with van der Waals surface area (Å²) in [6.07, 6.45) is 8.16. The van der Waals surface area contributed by atoms with Crippen LogP contribution in [0.15, 0.2) is 0 Å². The highest BCUT2D eigenvalue weighted by atomic mass is 16.5. The molecule has 2 heteroatoms. The SMILES string of the molecule is COC12CC3C4CC5(OC)CC3C(C1)C(C5)C4C2. The zero-order valence-electron chi connectivity index (χ0n) is 11.5. The first-order chi connectivity index (χ1) is 8.69. The molecule has 7 fully saturated rings. The van der Waals surface area contributed by atoms with Crippen molar-refractivity contribution < 1.29 is 9.47 Å². The van der Waals surface area contributed by atoms with Crippen molar-refractivity contribution in [1.29, 1.82) is 0 Å². The summed E-state index contributed by atoms with van der Waals surface area (Å²) in [4.78, 5) is 0. The zero-order chi connectivity index (χ0) is 12.1. The second-order valence-electron chi connectivity index (χ2n) is 7.98. The molecule has 18 heavy (non-hydrogen) atoms. The Morgan fingerprint density at radius 3 is 0.944 bits per heavy atom. The van der Waals surface area contributed by atoms with Crippen molar-refractivity contribution in [3.63, 3.8) is 0 Å². The predicted molar refractivity (Wildman–Crippen MR) is 68.1 cm³/mol. The van der Waals surface area contributed by atoms with Crippen molar-refractivity contribution in [2.75, 3.05) is 14.2 Å². The first-order valence-electron chi connectivity index (χ1n) is 7.80. The van der Waals surface area contributed by atoms with Crippen LogP contribution in [0, 0.1) is 35.5 Å². The molecule has 0 aliphatic heterocycles. The van der Waals surface area contributed by atoms with E-state index >= 15 is 0 Å². The first-order valence-corrected chi connectivity index (χ1v) is 7.80. The number of rotatable bonds is 2. The van der Waals surface area contributed by atoms with Crippen LogP contribution in [0.25, 0.3) is 0 Å². The number of methoxy groups -OCH3 is 2. The van der Waals surface area contributed by atoms with Gasteiger partial charge >= 0.3 is 0 Å². The lowest BCUT2D eigenvalue weighted by atomic mass is 9.34. The van der Waals surface area contributed by atoms with Crippen molar-refractivity contribution in [3.05, 3.63) is 0 Å². The molecule has 0 radical (unpaired) electrons. The summed E-state index contributed by atoms with van der Waals surface area (Å²) < 4.78 is 12.0. The normalized spacial score (nSPS) is 67.0. The molecule has 7 aliphatic carbocycles. The monoisotopic (exact) mass is 248 g/mol. The molecule has 0 N–H and O–H groups in total. The van der Waals surface area contributed by atoms with E-state index in [-0.39, 0.29) is 11.2 Å². The van der Waals surface area contributed by atoms with E-state index < -0.39 is 0 Å². The minimum absolute atomic E-state index is 0.286. The average molecular weight is 248 g/mol. The molecule has 100 valence electrons. The number of hydrogen-bond donors (Lipinski definition) is 0. The third-order valence-corrected chi connectivity index (χ3v) is 7.81. The van der Waals surface area contributed by atoms with Gasteiger partial charge in [-0.25, -0.2) is 0 Å². The topological polar surface area (TPSA) is 18.5 Å². The Kier molecular flexibility index (Phi) is 1.77. The minimum Gasteiger partial charge on any atom is -0.378 e. The predicted octanol–water partition coefficient (Wildman–Crippen LogP) is 2.86. The molecule has 0 unspecified atom stereocenters. The molecular weight excluding hydrogens is 224 g/mol. The van der Waals surface area contributed by atoms with Gasteiger partial charge in [-0.15, -0.1) is 0 Å². The first kappa shape index (κ1) is 10.7. The van der Waals surface area contributed by atoms with Crippen LogP contribution in [-0.2, 0) is 9.47 Å². The van der Waals surface area contributed by atoms with Crippen LogP contribution in [-0.4, -0.2) is 25.4 Å². The second kappa shape index (κ2) is 2.98. The van der Waals surface area contributed by atoms with Crippen molar-refractivity contribution in [2.24, 2.45) is 35.5 Å². The fourth-order valence-corrected chi connectivity index (χ4v) is 7.30. The molecular formula is C16H24O2. The lowest BCUT2D eigenvalue weighted by molar-refractivity contribution is -0.298. The molecule has 0 aromatic rings. The molecule has 0 heterocycles. The summed E-state index contributed by atoms with van der Waals surface area (Å²) in [5.41, 5.74) is 0.571. The largest absolute Gasteiger partial charge is 0.378 e. The summed E-state index contributed by atoms with van der Waals surface area (Å²) in [6.45, 7) is 0. The summed E-state index contributed by atoms with van der Waals surface area (Å²) in [7, 11) is 3.92. The molecule has 0 aromatic carbocycles. The smallest absolute Gasteiger partial charge is 0.0687 e. The van der Waals surface area contributed by atoms with Crippen molar-refractivity contribution in [2.45, 2.75) is 49.7 Å². The maximum atomic E-state index is 6.00. The molecule has 8 bridgehead atoms. The fraction of sp³-hybridized carbons (Fsp3) is 1.00. The maximum Gasteiger partial charge on any atom is 0.0687 e. The fourth-order valence-electron chi connectivity index (χ4n) is 7.30. The van der Waals surface area contributed by atoms with Gasteiger partial charge in [0.15, 0.2) is 0 Å². The van der Waals surface area contributed by atoms with E-state index in [0.717, 1.165) is 35.5 Å². The molecule has 7 rings (SSSR count). The van der Waals surface area contributed by atoms with Crippen LogP contribution in [0.3, 0.4) is 0 Å². The van der Waals surface area contributed by atoms with E-state index in [1.807, 2.05) is 14.2 Å². The summed E-state index contributed by atoms with van der Waals surface area (Å²) in [6, 6.07) is 0. The highest BCUT2D eigenvalue weighted by Gasteiger charge is 2.70. The van der Waals surface area contributed by atoms with E-state index in [0.29, 0.717) is 0 Å². The number of ether oxygens (including phenoxy) is 2. The molecule has 2 nitrogen and oxygen atoms in total. The maximum absolute atomic E-state index is 6.00. The average Bonchev–Trinajstić information content (AvgIpc) is 2.43. The van der Waals surface area contributed by atoms with Gasteiger partial charge in [-0.1, -0.05) is 0 Å². The van der Waals surface area contributed by atoms with E-state index in [4.69, 9.17) is 9.47 Å². The Bertz CT molecular complexity index is 301. The Morgan fingerprint density at radius 2 is 0.778 bits per heavy atom. The van der Waals surface area contributed by atoms with Gasteiger partial charge in [0.1, 0.15) is 0 Å². The minimum atomic E-state index is 0.286. The van der Waals surface area contributed by atoms with Gasteiger partial charge in [0.25, 0.3) is 0 Å². The molecule has 0 aromatic heterocycles. The van der Waals surface area contributed by atoms with E-state index in [1.54, 1.807) is 0 Å². The van der Waals surface area contributed by atoms with Crippen molar-refractivity contribution in [3.8, 4) is 0 Å². The molecule has 7 saturated carbocycles. The van der Waals surface area contributed by atoms with Gasteiger partial charge in [-0.05, 0) is 74.0 Å². The standard InChI is InChI=1S/C16H24O2/c1-17-15-3-9-12-6-16(18-2)7-13(9)11(5-15)14(8-16)10(12)4-15/h9-14H,3-8H2,1-2H3. The van der Waals surface area contributed by atoms with Crippen LogP contribution < -0.4 is 0 Å². The van der Waals surface area contributed by atoms with E-state index in [1.165, 1.54) is 38.5 Å². The van der Waals surface area contributed by atoms with Crippen LogP contribution in [0.5, 0.6) is 0 Å². The summed E-state index contributed by atoms with van der Waals surface area (Å²) in [5.74, 6) is 5.85. The van der Waals surface area contributed by atoms with Gasteiger partial charge in [0, 0.05) is 14.2 Å². The Balaban J connectivity index is 1.61. The third-order valence-electron chi connectivity index (χ3n) is 7.81. The highest BCUT2D eigenvalue weighted by molar-refractivity contribution is 5.20. The molecule has 0 spiro atoms. The van der Waals surface area contributed by atoms with Gasteiger partial charge < -0.3 is 9.47 Å². The molecule has 0 amide bonds. The van der Waals surface area contributed by atoms with Gasteiger partial charge in [-0.2, -0.15) is 0 Å². The lowest BCUT2D eigenvalue weighted by Gasteiger charge is -2.74.